The van der Waals surface area contributed by atoms with Crippen molar-refractivity contribution in [3.05, 3.63) is 0 Å². The Kier molecular flexibility index (Phi) is 24.8. The van der Waals surface area contributed by atoms with E-state index < -0.39 is 222 Å². The maximum absolute atomic E-state index is 13.1. The third kappa shape index (κ3) is 15.1. The number of rotatable bonds is 23. The van der Waals surface area contributed by atoms with Crippen LogP contribution in [-0.4, -0.2) is 324 Å². The molecule has 454 valence electrons. The number of hydrogen-bond donors (Lipinski definition) is 18. The Morgan fingerprint density at radius 3 is 1.26 bits per heavy atom. The molecule has 6 heterocycles. The lowest BCUT2D eigenvalue weighted by Crippen LogP contribution is -2.71. The number of amides is 2. The van der Waals surface area contributed by atoms with E-state index in [4.69, 9.17) is 62.6 Å². The Morgan fingerprint density at radius 1 is 0.436 bits per heavy atom. The first-order chi connectivity index (χ1) is 37.0. The summed E-state index contributed by atoms with van der Waals surface area (Å²) in [5.74, 6) is -0.266. The number of carbonyl (C=O) groups excluding carboxylic acids is 2. The normalized spacial score (nSPS) is 47.3. The van der Waals surface area contributed by atoms with Crippen LogP contribution in [-0.2, 0) is 66.4 Å². The molecule has 6 fully saturated rings. The summed E-state index contributed by atoms with van der Waals surface area (Å²) in [6.45, 7) is 1.45. The van der Waals surface area contributed by atoms with Crippen LogP contribution in [0, 0.1) is 0 Å². The molecular formula is C45H79N3O29S. The molecule has 0 spiro atoms. The minimum atomic E-state index is -2.23. The van der Waals surface area contributed by atoms with Crippen molar-refractivity contribution in [3.63, 3.8) is 0 Å². The summed E-state index contributed by atoms with van der Waals surface area (Å²) in [4.78, 5) is 26.0. The Bertz CT molecular complexity index is 1850. The predicted octanol–water partition coefficient (Wildman–Crippen LogP) is -10.7. The molecule has 78 heavy (non-hydrogen) atoms. The molecule has 33 heteroatoms. The monoisotopic (exact) mass is 1160 g/mol. The fourth-order valence-corrected chi connectivity index (χ4v) is 10.6. The fourth-order valence-electron chi connectivity index (χ4n) is 9.87. The molecule has 6 saturated heterocycles. The molecule has 0 aliphatic carbocycles. The molecule has 6 rings (SSSR count). The Morgan fingerprint density at radius 2 is 0.808 bits per heavy atom. The smallest absolute Gasteiger partial charge is 0.217 e. The molecule has 6 aliphatic rings. The van der Waals surface area contributed by atoms with Crippen molar-refractivity contribution < 1.29 is 143 Å². The number of thioether (sulfide) groups is 1. The van der Waals surface area contributed by atoms with Gasteiger partial charge in [-0.1, -0.05) is 0 Å². The van der Waals surface area contributed by atoms with Crippen LogP contribution in [0.4, 0.5) is 0 Å². The van der Waals surface area contributed by atoms with Crippen molar-refractivity contribution >= 4 is 23.6 Å². The first-order valence-corrected chi connectivity index (χ1v) is 26.7. The standard InChI is InChI=1S/C45H79N3O29S/c1-14-24(55)28(59)31(62)42(67-14)75-37-22(47-16(3)53)40(66-7-5-8-78-9-6-46)71-20(12-51)35(37)74-45-34(65)39(27(58)19(11-50)70-45)77-41-23(48-17(4)54)38(76-43-32(63)29(60)25(56)15(2)68-43)36(21(13-52)72-41)73-44-33(64)30(61)26(57)18(10-49)69-44/h14-15,18-45,49-52,55-65H,5-13,46H2,1-4H3,(H,47,53)(H,48,54)/t14-,15-,18+,19+,20+,21+,22+,23+,24+,25+,26-,27-,28+,29+,30-,31-,32-,33+,34+,35+,36+,37+,38+,39-,40+,41-,42-,43-,44-,45-/m0/s1. The first kappa shape index (κ1) is 65.3. The summed E-state index contributed by atoms with van der Waals surface area (Å²) in [6.07, 6.45) is -49.9. The van der Waals surface area contributed by atoms with E-state index in [1.54, 1.807) is 11.8 Å². The largest absolute Gasteiger partial charge is 0.394 e. The topological polar surface area (TPSA) is 498 Å². The number of nitrogens with one attached hydrogen (secondary N) is 2. The van der Waals surface area contributed by atoms with Crippen molar-refractivity contribution in [1.82, 2.24) is 10.6 Å². The van der Waals surface area contributed by atoms with Gasteiger partial charge >= 0.3 is 0 Å². The number of hydrogen-bond acceptors (Lipinski definition) is 31. The van der Waals surface area contributed by atoms with Crippen LogP contribution in [0.2, 0.25) is 0 Å². The van der Waals surface area contributed by atoms with Gasteiger partial charge in [-0.05, 0) is 26.0 Å². The number of aliphatic hydroxyl groups is 15. The highest BCUT2D eigenvalue weighted by molar-refractivity contribution is 7.99. The van der Waals surface area contributed by atoms with E-state index in [-0.39, 0.29) is 6.61 Å². The molecule has 0 aromatic heterocycles. The maximum Gasteiger partial charge on any atom is 0.217 e. The van der Waals surface area contributed by atoms with Crippen molar-refractivity contribution in [2.75, 3.05) is 51.1 Å². The van der Waals surface area contributed by atoms with E-state index in [0.29, 0.717) is 24.5 Å². The Labute approximate surface area is 451 Å². The molecule has 0 aromatic carbocycles. The summed E-state index contributed by atoms with van der Waals surface area (Å²) in [7, 11) is 0. The zero-order valence-electron chi connectivity index (χ0n) is 43.1. The highest BCUT2D eigenvalue weighted by Gasteiger charge is 2.59. The zero-order chi connectivity index (χ0) is 57.4. The zero-order valence-corrected chi connectivity index (χ0v) is 43.9. The third-order valence-corrected chi connectivity index (χ3v) is 15.2. The van der Waals surface area contributed by atoms with Crippen LogP contribution in [0.5, 0.6) is 0 Å². The molecule has 0 unspecified atom stereocenters. The second-order valence-electron chi connectivity index (χ2n) is 19.8. The van der Waals surface area contributed by atoms with Gasteiger partial charge in [0.25, 0.3) is 0 Å². The van der Waals surface area contributed by atoms with E-state index in [1.807, 2.05) is 0 Å². The highest BCUT2D eigenvalue weighted by atomic mass is 32.2. The number of aliphatic hydroxyl groups excluding tert-OH is 15. The summed E-state index contributed by atoms with van der Waals surface area (Å²) < 4.78 is 72.4. The molecule has 0 saturated carbocycles. The molecule has 19 N–H and O–H groups in total. The average Bonchev–Trinajstić information content (AvgIpc) is 3.54. The lowest BCUT2D eigenvalue weighted by Gasteiger charge is -2.52. The molecular weight excluding hydrogens is 1080 g/mol. The van der Waals surface area contributed by atoms with Crippen LogP contribution in [0.15, 0.2) is 0 Å². The summed E-state index contributed by atoms with van der Waals surface area (Å²) in [5, 5.41) is 168. The fraction of sp³-hybridized carbons (Fsp3) is 0.956. The molecule has 0 bridgehead atoms. The van der Waals surface area contributed by atoms with Gasteiger partial charge in [0.2, 0.25) is 11.8 Å². The van der Waals surface area contributed by atoms with Crippen molar-refractivity contribution in [2.45, 2.75) is 218 Å². The van der Waals surface area contributed by atoms with E-state index in [9.17, 15) is 86.2 Å². The SMILES string of the molecule is CC(=O)N[C@H]1[C@H](O[C@H]2[C@@H](O)[C@@H](CO)O[C@@H](O[C@H]3[C@H](O[C@@H]4O[C@@H](C)[C@@H](O)[C@@H](O)[C@@H]4O)[C@@H](NC(C)=O)[C@H](OCCCSCCN)O[C@@H]3CO)[C@@H]2O)O[C@H](CO)[C@@H](O[C@@H]2O[C@H](CO)[C@H](O)[C@H](O)[C@H]2O)[C@@H]1O[C@@H]1O[C@@H](C)[C@@H](O)[C@@H](O)[C@@H]1O. The third-order valence-electron chi connectivity index (χ3n) is 14.1. The van der Waals surface area contributed by atoms with Crippen LogP contribution in [0.3, 0.4) is 0 Å². The molecule has 6 aliphatic heterocycles. The first-order valence-electron chi connectivity index (χ1n) is 25.6. The van der Waals surface area contributed by atoms with Crippen LogP contribution >= 0.6 is 11.8 Å². The van der Waals surface area contributed by atoms with Gasteiger partial charge in [-0.15, -0.1) is 0 Å². The minimum absolute atomic E-state index is 0.0313. The molecule has 0 aromatic rings. The lowest BCUT2D eigenvalue weighted by molar-refractivity contribution is -0.394. The van der Waals surface area contributed by atoms with Crippen molar-refractivity contribution in [1.29, 1.82) is 0 Å². The second-order valence-corrected chi connectivity index (χ2v) is 21.0. The quantitative estimate of drug-likeness (QED) is 0.0423. The van der Waals surface area contributed by atoms with Crippen molar-refractivity contribution in [2.24, 2.45) is 5.73 Å². The molecule has 0 radical (unpaired) electrons. The number of nitrogens with two attached hydrogens (primary N) is 1. The predicted molar refractivity (Wildman–Crippen MR) is 254 cm³/mol. The van der Waals surface area contributed by atoms with Gasteiger partial charge in [0.1, 0.15) is 134 Å². The van der Waals surface area contributed by atoms with Crippen molar-refractivity contribution in [3.8, 4) is 0 Å². The van der Waals surface area contributed by atoms with Crippen LogP contribution in [0.25, 0.3) is 0 Å². The van der Waals surface area contributed by atoms with Gasteiger partial charge in [0.15, 0.2) is 37.7 Å². The van der Waals surface area contributed by atoms with Gasteiger partial charge in [0, 0.05) is 26.1 Å². The number of ether oxygens (including phenoxy) is 12. The average molecular weight is 1160 g/mol. The van der Waals surface area contributed by atoms with Crippen LogP contribution < -0.4 is 16.4 Å². The summed E-state index contributed by atoms with van der Waals surface area (Å²) in [5.41, 5.74) is 5.61. The van der Waals surface area contributed by atoms with Gasteiger partial charge in [-0.25, -0.2) is 0 Å². The summed E-state index contributed by atoms with van der Waals surface area (Å²) >= 11 is 1.55. The van der Waals surface area contributed by atoms with Crippen LogP contribution in [0.1, 0.15) is 34.1 Å². The summed E-state index contributed by atoms with van der Waals surface area (Å²) in [6, 6.07) is -3.23. The van der Waals surface area contributed by atoms with E-state index in [2.05, 4.69) is 10.6 Å². The molecule has 2 amide bonds. The van der Waals surface area contributed by atoms with Gasteiger partial charge in [-0.2, -0.15) is 11.8 Å². The highest BCUT2D eigenvalue weighted by Crippen LogP contribution is 2.38. The van der Waals surface area contributed by atoms with E-state index in [1.165, 1.54) is 13.8 Å². The maximum atomic E-state index is 13.1. The second kappa shape index (κ2) is 29.6. The molecule has 30 atom stereocenters. The van der Waals surface area contributed by atoms with Gasteiger partial charge < -0.3 is 150 Å². The number of carbonyl (C=O) groups is 2. The Hall–Kier alpha value is -1.83. The Balaban J connectivity index is 1.35. The minimum Gasteiger partial charge on any atom is -0.394 e. The molecule has 32 nitrogen and oxygen atoms in total. The van der Waals surface area contributed by atoms with E-state index in [0.717, 1.165) is 13.8 Å². The lowest BCUT2D eigenvalue weighted by atomic mass is 9.93. The van der Waals surface area contributed by atoms with E-state index >= 15 is 0 Å². The van der Waals surface area contributed by atoms with Gasteiger partial charge in [-0.3, -0.25) is 9.59 Å². The van der Waals surface area contributed by atoms with Gasteiger partial charge in [0.05, 0.1) is 45.2 Å².